The summed E-state index contributed by atoms with van der Waals surface area (Å²) in [4.78, 5) is 41.0. The van der Waals surface area contributed by atoms with Gasteiger partial charge in [0, 0.05) is 42.7 Å². The van der Waals surface area contributed by atoms with E-state index >= 15 is 0 Å². The Morgan fingerprint density at radius 3 is 2.89 bits per heavy atom. The zero-order valence-electron chi connectivity index (χ0n) is 20.6. The summed E-state index contributed by atoms with van der Waals surface area (Å²) in [7, 11) is 1.72. The number of aromatic nitrogens is 3. The van der Waals surface area contributed by atoms with E-state index in [0.29, 0.717) is 18.1 Å². The third-order valence-corrected chi connectivity index (χ3v) is 8.89. The summed E-state index contributed by atoms with van der Waals surface area (Å²) in [6.45, 7) is 6.60. The molecule has 1 saturated carbocycles. The van der Waals surface area contributed by atoms with Crippen molar-refractivity contribution in [3.05, 3.63) is 34.9 Å². The van der Waals surface area contributed by atoms with E-state index in [1.807, 2.05) is 6.92 Å². The monoisotopic (exact) mass is 496 g/mol. The van der Waals surface area contributed by atoms with E-state index in [1.54, 1.807) is 11.9 Å². The first-order chi connectivity index (χ1) is 16.7. The summed E-state index contributed by atoms with van der Waals surface area (Å²) < 4.78 is 0. The van der Waals surface area contributed by atoms with Crippen molar-refractivity contribution >= 4 is 28.3 Å². The van der Waals surface area contributed by atoms with Gasteiger partial charge in [0.15, 0.2) is 5.13 Å². The third-order valence-electron chi connectivity index (χ3n) is 7.91. The van der Waals surface area contributed by atoms with Gasteiger partial charge in [0.1, 0.15) is 5.69 Å². The fraction of sp³-hybridized carbons (Fsp3) is 0.600. The molecule has 0 unspecified atom stereocenters. The van der Waals surface area contributed by atoms with Gasteiger partial charge in [-0.3, -0.25) is 19.9 Å². The largest absolute Gasteiger partial charge is 0.392 e. The molecule has 0 saturated heterocycles. The highest BCUT2D eigenvalue weighted by molar-refractivity contribution is 7.15. The van der Waals surface area contributed by atoms with Crippen LogP contribution in [0.4, 0.5) is 5.13 Å². The molecule has 0 aromatic carbocycles. The van der Waals surface area contributed by atoms with Crippen molar-refractivity contribution in [1.29, 1.82) is 5.26 Å². The summed E-state index contributed by atoms with van der Waals surface area (Å²) in [5.41, 5.74) is 1.03. The van der Waals surface area contributed by atoms with Crippen LogP contribution in [0, 0.1) is 34.5 Å². The number of fused-ring (bicyclic) bond motifs is 2. The topological polar surface area (TPSA) is 132 Å². The number of aliphatic hydroxyl groups is 1. The molecule has 9 nitrogen and oxygen atoms in total. The lowest BCUT2D eigenvalue weighted by atomic mass is 9.53. The van der Waals surface area contributed by atoms with E-state index in [9.17, 15) is 14.7 Å². The molecule has 1 fully saturated rings. The number of nitrogens with zero attached hydrogens (tertiary/aromatic N) is 5. The Balaban J connectivity index is 1.52. The molecule has 2 aromatic rings. The van der Waals surface area contributed by atoms with Gasteiger partial charge in [0.25, 0.3) is 5.91 Å². The SMILES string of the molecule is C[C@H](C(=O)N(C)CCC#N)[C@H]1CC[C@]2(C)Cc3sc(NC(=O)c4cnccn4)nc3[C@@H](C)[C@@H]2[C@H]1O. The standard InChI is InChI=1S/C25H32N6O3S/c1-14(23(34)31(4)11-5-8-26)16-6-7-25(3)12-18-20(15(2)19(25)21(16)32)29-24(35-18)30-22(33)17-13-27-9-10-28-17/h9-10,13-16,19,21,32H,5-7,11-12H2,1-4H3,(H,29,30,33)/t14-,15-,16+,19+,21-,25+/m0/s1. The molecular weight excluding hydrogens is 464 g/mol. The number of aliphatic hydroxyl groups excluding tert-OH is 1. The summed E-state index contributed by atoms with van der Waals surface area (Å²) in [5, 5.41) is 23.8. The lowest BCUT2D eigenvalue weighted by Crippen LogP contribution is -2.53. The van der Waals surface area contributed by atoms with Crippen molar-refractivity contribution in [2.75, 3.05) is 18.9 Å². The number of thiazole rings is 1. The van der Waals surface area contributed by atoms with Crippen LogP contribution < -0.4 is 5.32 Å². The number of nitriles is 1. The second kappa shape index (κ2) is 9.99. The van der Waals surface area contributed by atoms with Crippen LogP contribution in [0.25, 0.3) is 0 Å². The van der Waals surface area contributed by atoms with Gasteiger partial charge >= 0.3 is 0 Å². The van der Waals surface area contributed by atoms with E-state index in [-0.39, 0.29) is 46.6 Å². The van der Waals surface area contributed by atoms with E-state index < -0.39 is 6.10 Å². The van der Waals surface area contributed by atoms with Crippen molar-refractivity contribution < 1.29 is 14.7 Å². The molecule has 4 rings (SSSR count). The van der Waals surface area contributed by atoms with Crippen LogP contribution in [-0.4, -0.2) is 56.5 Å². The lowest BCUT2D eigenvalue weighted by molar-refractivity contribution is -0.143. The fourth-order valence-corrected chi connectivity index (χ4v) is 7.30. The Labute approximate surface area is 209 Å². The second-order valence-electron chi connectivity index (χ2n) is 10.2. The Kier molecular flexibility index (Phi) is 7.20. The van der Waals surface area contributed by atoms with Crippen LogP contribution in [0.2, 0.25) is 0 Å². The van der Waals surface area contributed by atoms with Gasteiger partial charge in [-0.25, -0.2) is 9.97 Å². The molecule has 10 heteroatoms. The maximum atomic E-state index is 13.0. The first-order valence-corrected chi connectivity index (χ1v) is 12.8. The maximum Gasteiger partial charge on any atom is 0.277 e. The number of hydrogen-bond donors (Lipinski definition) is 2. The highest BCUT2D eigenvalue weighted by Gasteiger charge is 2.54. The van der Waals surface area contributed by atoms with Gasteiger partial charge in [-0.05, 0) is 36.5 Å². The number of nitrogens with one attached hydrogen (secondary N) is 1. The summed E-state index contributed by atoms with van der Waals surface area (Å²) in [5.74, 6) is -0.918. The molecule has 6 atom stereocenters. The Morgan fingerprint density at radius 2 is 2.20 bits per heavy atom. The molecule has 2 N–H and O–H groups in total. The average molecular weight is 497 g/mol. The van der Waals surface area contributed by atoms with E-state index in [1.165, 1.54) is 29.9 Å². The molecule has 0 radical (unpaired) electrons. The number of carbonyl (C=O) groups excluding carboxylic acids is 2. The molecule has 2 amide bonds. The van der Waals surface area contributed by atoms with Gasteiger partial charge in [-0.1, -0.05) is 20.8 Å². The molecule has 2 aliphatic carbocycles. The summed E-state index contributed by atoms with van der Waals surface area (Å²) >= 11 is 1.48. The number of amides is 2. The zero-order valence-corrected chi connectivity index (χ0v) is 21.4. The summed E-state index contributed by atoms with van der Waals surface area (Å²) in [6.07, 6.45) is 6.51. The molecule has 2 heterocycles. The minimum Gasteiger partial charge on any atom is -0.392 e. The number of hydrogen-bond acceptors (Lipinski definition) is 8. The molecule has 0 bridgehead atoms. The van der Waals surface area contributed by atoms with Crippen molar-refractivity contribution in [3.8, 4) is 6.07 Å². The third kappa shape index (κ3) is 4.80. The average Bonchev–Trinajstić information content (AvgIpc) is 3.24. The van der Waals surface area contributed by atoms with Gasteiger partial charge < -0.3 is 10.0 Å². The van der Waals surface area contributed by atoms with E-state index in [4.69, 9.17) is 10.2 Å². The lowest BCUT2D eigenvalue weighted by Gasteiger charge is -2.53. The first kappa shape index (κ1) is 25.2. The molecule has 186 valence electrons. The number of carbonyl (C=O) groups is 2. The molecule has 35 heavy (non-hydrogen) atoms. The van der Waals surface area contributed by atoms with Gasteiger partial charge in [0.05, 0.1) is 30.5 Å². The van der Waals surface area contributed by atoms with E-state index in [2.05, 4.69) is 35.2 Å². The maximum absolute atomic E-state index is 13.0. The Bertz CT molecular complexity index is 1130. The van der Waals surface area contributed by atoms with Crippen LogP contribution in [-0.2, 0) is 11.2 Å². The molecule has 0 aliphatic heterocycles. The minimum absolute atomic E-state index is 0.0152. The zero-order chi connectivity index (χ0) is 25.3. The van der Waals surface area contributed by atoms with Gasteiger partial charge in [-0.15, -0.1) is 11.3 Å². The quantitative estimate of drug-likeness (QED) is 0.627. The fourth-order valence-electron chi connectivity index (χ4n) is 6.04. The molecule has 2 aliphatic rings. The number of anilines is 1. The predicted octanol–water partition coefficient (Wildman–Crippen LogP) is 3.25. The highest BCUT2D eigenvalue weighted by atomic mass is 32.1. The van der Waals surface area contributed by atoms with E-state index in [0.717, 1.165) is 29.8 Å². The minimum atomic E-state index is -0.639. The van der Waals surface area contributed by atoms with Crippen molar-refractivity contribution in [3.63, 3.8) is 0 Å². The molecule has 0 spiro atoms. The number of rotatable bonds is 6. The van der Waals surface area contributed by atoms with Gasteiger partial charge in [-0.2, -0.15) is 5.26 Å². The normalized spacial score (nSPS) is 28.2. The van der Waals surface area contributed by atoms with Crippen molar-refractivity contribution in [1.82, 2.24) is 19.9 Å². The van der Waals surface area contributed by atoms with Crippen LogP contribution in [0.1, 0.15) is 67.0 Å². The van der Waals surface area contributed by atoms with Gasteiger partial charge in [0.2, 0.25) is 5.91 Å². The first-order valence-electron chi connectivity index (χ1n) is 12.0. The van der Waals surface area contributed by atoms with Crippen molar-refractivity contribution in [2.45, 2.75) is 58.5 Å². The van der Waals surface area contributed by atoms with Crippen LogP contribution in [0.5, 0.6) is 0 Å². The smallest absolute Gasteiger partial charge is 0.277 e. The predicted molar refractivity (Wildman–Crippen MR) is 132 cm³/mol. The Morgan fingerprint density at radius 1 is 1.43 bits per heavy atom. The second-order valence-corrected chi connectivity index (χ2v) is 11.3. The van der Waals surface area contributed by atoms with Crippen LogP contribution >= 0.6 is 11.3 Å². The van der Waals surface area contributed by atoms with Crippen LogP contribution in [0.3, 0.4) is 0 Å². The molecule has 2 aromatic heterocycles. The van der Waals surface area contributed by atoms with Crippen molar-refractivity contribution in [2.24, 2.45) is 23.2 Å². The Hall–Kier alpha value is -2.90. The molecular formula is C25H32N6O3S. The summed E-state index contributed by atoms with van der Waals surface area (Å²) in [6, 6.07) is 2.08. The van der Waals surface area contributed by atoms with Crippen LogP contribution in [0.15, 0.2) is 18.6 Å². The highest BCUT2D eigenvalue weighted by Crippen LogP contribution is 2.57.